The average Bonchev–Trinajstić information content (AvgIpc) is 2.60. The maximum Gasteiger partial charge on any atom is 0.409 e. The SMILES string of the molecule is CCCC[C@@H](CC)COC(=O)N(CCS(=O)(=O)O)C[C@@H](CC)CCCC. The molecule has 0 heterocycles. The molecular formula is C19H39NO5S. The smallest absolute Gasteiger partial charge is 0.409 e. The van der Waals surface area contributed by atoms with E-state index in [1.54, 1.807) is 0 Å². The summed E-state index contributed by atoms with van der Waals surface area (Å²) in [6.07, 6.45) is 7.80. The van der Waals surface area contributed by atoms with Gasteiger partial charge >= 0.3 is 6.09 Å². The lowest BCUT2D eigenvalue weighted by atomic mass is 9.99. The van der Waals surface area contributed by atoms with Gasteiger partial charge in [-0.25, -0.2) is 4.79 Å². The summed E-state index contributed by atoms with van der Waals surface area (Å²) in [4.78, 5) is 14.0. The largest absolute Gasteiger partial charge is 0.449 e. The topological polar surface area (TPSA) is 83.9 Å². The summed E-state index contributed by atoms with van der Waals surface area (Å²) < 4.78 is 36.7. The third kappa shape index (κ3) is 12.5. The van der Waals surface area contributed by atoms with Crippen LogP contribution in [0.25, 0.3) is 0 Å². The minimum Gasteiger partial charge on any atom is -0.449 e. The van der Waals surface area contributed by atoms with E-state index in [1.807, 2.05) is 0 Å². The van der Waals surface area contributed by atoms with E-state index in [0.717, 1.165) is 51.4 Å². The summed E-state index contributed by atoms with van der Waals surface area (Å²) in [5.41, 5.74) is 0. The van der Waals surface area contributed by atoms with Gasteiger partial charge in [-0.1, -0.05) is 66.2 Å². The first-order chi connectivity index (χ1) is 12.3. The lowest BCUT2D eigenvalue weighted by Gasteiger charge is -2.27. The van der Waals surface area contributed by atoms with Crippen molar-refractivity contribution in [3.63, 3.8) is 0 Å². The van der Waals surface area contributed by atoms with Crippen molar-refractivity contribution in [3.8, 4) is 0 Å². The second-order valence-corrected chi connectivity index (χ2v) is 8.71. The molecule has 6 nitrogen and oxygen atoms in total. The van der Waals surface area contributed by atoms with E-state index >= 15 is 0 Å². The highest BCUT2D eigenvalue weighted by Gasteiger charge is 2.22. The first-order valence-electron chi connectivity index (χ1n) is 10.1. The Kier molecular flexibility index (Phi) is 13.8. The van der Waals surface area contributed by atoms with Crippen LogP contribution in [0, 0.1) is 11.8 Å². The van der Waals surface area contributed by atoms with Crippen LogP contribution < -0.4 is 0 Å². The first kappa shape index (κ1) is 25.2. The quantitative estimate of drug-likeness (QED) is 0.406. The fourth-order valence-corrected chi connectivity index (χ4v) is 3.34. The highest BCUT2D eigenvalue weighted by Crippen LogP contribution is 2.17. The van der Waals surface area contributed by atoms with Crippen LogP contribution in [0.2, 0.25) is 0 Å². The minimum atomic E-state index is -4.11. The van der Waals surface area contributed by atoms with Gasteiger partial charge in [-0.05, 0) is 24.7 Å². The normalized spacial score (nSPS) is 14.0. The van der Waals surface area contributed by atoms with Crippen molar-refractivity contribution in [2.75, 3.05) is 25.4 Å². The van der Waals surface area contributed by atoms with E-state index < -0.39 is 22.0 Å². The Bertz CT molecular complexity index is 467. The molecule has 156 valence electrons. The van der Waals surface area contributed by atoms with Crippen LogP contribution in [-0.4, -0.2) is 49.4 Å². The van der Waals surface area contributed by atoms with Gasteiger partial charge in [0.25, 0.3) is 10.1 Å². The summed E-state index contributed by atoms with van der Waals surface area (Å²) in [7, 11) is -4.11. The first-order valence-corrected chi connectivity index (χ1v) is 11.7. The van der Waals surface area contributed by atoms with Gasteiger partial charge < -0.3 is 9.64 Å². The van der Waals surface area contributed by atoms with Gasteiger partial charge in [-0.3, -0.25) is 4.55 Å². The molecule has 0 saturated heterocycles. The zero-order chi connectivity index (χ0) is 20.0. The molecule has 0 bridgehead atoms. The maximum atomic E-state index is 12.5. The lowest BCUT2D eigenvalue weighted by Crippen LogP contribution is -2.39. The van der Waals surface area contributed by atoms with Crippen molar-refractivity contribution in [2.24, 2.45) is 11.8 Å². The Morgan fingerprint density at radius 2 is 1.54 bits per heavy atom. The molecule has 0 spiro atoms. The Morgan fingerprint density at radius 1 is 1.00 bits per heavy atom. The third-order valence-corrected chi connectivity index (χ3v) is 5.58. The predicted octanol–water partition coefficient (Wildman–Crippen LogP) is 4.75. The summed E-state index contributed by atoms with van der Waals surface area (Å²) in [6, 6.07) is 0. The van der Waals surface area contributed by atoms with E-state index in [9.17, 15) is 13.2 Å². The number of nitrogens with zero attached hydrogens (tertiary/aromatic N) is 1. The van der Waals surface area contributed by atoms with Crippen molar-refractivity contribution in [1.82, 2.24) is 4.90 Å². The number of amides is 1. The Labute approximate surface area is 160 Å². The molecule has 0 aliphatic rings. The Hall–Kier alpha value is -0.820. The van der Waals surface area contributed by atoms with Crippen molar-refractivity contribution < 1.29 is 22.5 Å². The number of hydrogen-bond acceptors (Lipinski definition) is 4. The number of rotatable bonds is 15. The van der Waals surface area contributed by atoms with E-state index in [0.29, 0.717) is 25.0 Å². The monoisotopic (exact) mass is 393 g/mol. The van der Waals surface area contributed by atoms with Gasteiger partial charge in [0.2, 0.25) is 0 Å². The molecule has 7 heteroatoms. The van der Waals surface area contributed by atoms with Crippen molar-refractivity contribution in [2.45, 2.75) is 79.1 Å². The van der Waals surface area contributed by atoms with Crippen LogP contribution in [0.4, 0.5) is 4.79 Å². The third-order valence-electron chi connectivity index (χ3n) is 4.89. The summed E-state index contributed by atoms with van der Waals surface area (Å²) in [5, 5.41) is 0. The van der Waals surface area contributed by atoms with E-state index in [2.05, 4.69) is 27.7 Å². The van der Waals surface area contributed by atoms with Crippen LogP contribution in [-0.2, 0) is 14.9 Å². The molecule has 0 aliphatic heterocycles. The highest BCUT2D eigenvalue weighted by molar-refractivity contribution is 7.85. The van der Waals surface area contributed by atoms with Crippen molar-refractivity contribution in [1.29, 1.82) is 0 Å². The highest BCUT2D eigenvalue weighted by atomic mass is 32.2. The molecule has 0 aliphatic carbocycles. The van der Waals surface area contributed by atoms with Crippen LogP contribution in [0.1, 0.15) is 79.1 Å². The molecule has 1 N–H and O–H groups in total. The molecule has 0 aromatic heterocycles. The molecule has 0 rings (SSSR count). The average molecular weight is 394 g/mol. The Morgan fingerprint density at radius 3 is 2.00 bits per heavy atom. The standard InChI is InChI=1S/C19H39NO5S/c1-5-9-11-17(7-3)15-20(13-14-26(22,23)24)19(21)25-16-18(8-4)12-10-6-2/h17-18H,5-16H2,1-4H3,(H,22,23,24)/t17-,18+/m0/s1. The van der Waals surface area contributed by atoms with Gasteiger partial charge in [0.15, 0.2) is 0 Å². The van der Waals surface area contributed by atoms with Gasteiger partial charge in [0.1, 0.15) is 0 Å². The Balaban J connectivity index is 4.80. The number of hydrogen-bond donors (Lipinski definition) is 1. The molecule has 1 amide bonds. The van der Waals surface area contributed by atoms with Gasteiger partial charge in [-0.2, -0.15) is 8.42 Å². The van der Waals surface area contributed by atoms with Crippen molar-refractivity contribution >= 4 is 16.2 Å². The molecule has 0 saturated carbocycles. The second kappa shape index (κ2) is 14.3. The molecular weight excluding hydrogens is 354 g/mol. The van der Waals surface area contributed by atoms with Crippen LogP contribution in [0.5, 0.6) is 0 Å². The summed E-state index contributed by atoms with van der Waals surface area (Å²) in [5.74, 6) is 0.189. The van der Waals surface area contributed by atoms with Crippen LogP contribution >= 0.6 is 0 Å². The second-order valence-electron chi connectivity index (χ2n) is 7.14. The molecule has 0 unspecified atom stereocenters. The zero-order valence-electron chi connectivity index (χ0n) is 17.1. The molecule has 0 fully saturated rings. The fraction of sp³-hybridized carbons (Fsp3) is 0.947. The lowest BCUT2D eigenvalue weighted by molar-refractivity contribution is 0.0805. The number of carbonyl (C=O) groups is 1. The molecule has 0 radical (unpaired) electrons. The minimum absolute atomic E-state index is 0.0357. The maximum absolute atomic E-state index is 12.5. The van der Waals surface area contributed by atoms with E-state index in [4.69, 9.17) is 9.29 Å². The van der Waals surface area contributed by atoms with Crippen LogP contribution in [0.3, 0.4) is 0 Å². The van der Waals surface area contributed by atoms with Gasteiger partial charge in [0.05, 0.1) is 12.4 Å². The number of carbonyl (C=O) groups excluding carboxylic acids is 1. The molecule has 2 atom stereocenters. The zero-order valence-corrected chi connectivity index (χ0v) is 17.9. The summed E-state index contributed by atoms with van der Waals surface area (Å²) in [6.45, 7) is 9.22. The van der Waals surface area contributed by atoms with Gasteiger partial charge in [-0.15, -0.1) is 0 Å². The van der Waals surface area contributed by atoms with Crippen LogP contribution in [0.15, 0.2) is 0 Å². The molecule has 0 aromatic carbocycles. The molecule has 26 heavy (non-hydrogen) atoms. The number of unbranched alkanes of at least 4 members (excludes halogenated alkanes) is 2. The number of ether oxygens (including phenoxy) is 1. The van der Waals surface area contributed by atoms with Crippen molar-refractivity contribution in [3.05, 3.63) is 0 Å². The van der Waals surface area contributed by atoms with E-state index in [-0.39, 0.29) is 6.54 Å². The fourth-order valence-electron chi connectivity index (χ4n) is 2.89. The molecule has 0 aromatic rings. The summed E-state index contributed by atoms with van der Waals surface area (Å²) >= 11 is 0. The van der Waals surface area contributed by atoms with E-state index in [1.165, 1.54) is 4.90 Å². The predicted molar refractivity (Wildman–Crippen MR) is 106 cm³/mol. The van der Waals surface area contributed by atoms with Gasteiger partial charge in [0, 0.05) is 13.1 Å².